The molecule has 4 nitrogen and oxygen atoms in total. The molecule has 0 radical (unpaired) electrons. The van der Waals surface area contributed by atoms with Crippen molar-refractivity contribution in [2.45, 2.75) is 6.42 Å². The molecule has 0 bridgehead atoms. The number of nitrogens with zero attached hydrogens (tertiary/aromatic N) is 2. The van der Waals surface area contributed by atoms with Gasteiger partial charge >= 0.3 is 0 Å². The standard InChI is InChI=1S/C22H22FN3O.2ClH/c1-24-13-15-9-10-26(14-15)22(27)19-12-20(16-5-3-2-4-6-16)25-21-11-17(23)7-8-18(19)21;;/h2-8,11-12,15,24H,9-10,13-14H2,1H3;2*1H. The number of carbonyl (C=O) groups excluding carboxylic acids is 1. The van der Waals surface area contributed by atoms with Gasteiger partial charge in [0.2, 0.25) is 0 Å². The molecule has 154 valence electrons. The van der Waals surface area contributed by atoms with E-state index >= 15 is 0 Å². The lowest BCUT2D eigenvalue weighted by Crippen LogP contribution is -2.30. The molecule has 4 rings (SSSR count). The molecule has 1 N–H and O–H groups in total. The van der Waals surface area contributed by atoms with Gasteiger partial charge in [-0.1, -0.05) is 30.3 Å². The third kappa shape index (κ3) is 4.86. The number of carbonyl (C=O) groups is 1. The lowest BCUT2D eigenvalue weighted by Gasteiger charge is -2.18. The van der Waals surface area contributed by atoms with Crippen molar-refractivity contribution in [3.05, 3.63) is 66.0 Å². The van der Waals surface area contributed by atoms with Crippen LogP contribution in [0, 0.1) is 11.7 Å². The number of halogens is 3. The van der Waals surface area contributed by atoms with Crippen LogP contribution >= 0.6 is 24.8 Å². The highest BCUT2D eigenvalue weighted by Crippen LogP contribution is 2.28. The van der Waals surface area contributed by atoms with Crippen molar-refractivity contribution in [1.29, 1.82) is 0 Å². The number of hydrogen-bond donors (Lipinski definition) is 1. The molecule has 2 aromatic carbocycles. The van der Waals surface area contributed by atoms with E-state index in [-0.39, 0.29) is 36.5 Å². The fraction of sp³-hybridized carbons (Fsp3) is 0.273. The zero-order valence-corrected chi connectivity index (χ0v) is 17.7. The van der Waals surface area contributed by atoms with Gasteiger partial charge in [-0.25, -0.2) is 9.37 Å². The summed E-state index contributed by atoms with van der Waals surface area (Å²) in [4.78, 5) is 19.8. The number of hydrogen-bond acceptors (Lipinski definition) is 3. The number of rotatable bonds is 4. The van der Waals surface area contributed by atoms with E-state index in [9.17, 15) is 9.18 Å². The molecule has 29 heavy (non-hydrogen) atoms. The summed E-state index contributed by atoms with van der Waals surface area (Å²) in [6, 6.07) is 15.9. The van der Waals surface area contributed by atoms with Crippen molar-refractivity contribution in [3.8, 4) is 11.3 Å². The van der Waals surface area contributed by atoms with Crippen molar-refractivity contribution in [2.24, 2.45) is 5.92 Å². The summed E-state index contributed by atoms with van der Waals surface area (Å²) in [5, 5.41) is 3.88. The van der Waals surface area contributed by atoms with Gasteiger partial charge in [0.1, 0.15) is 5.82 Å². The van der Waals surface area contributed by atoms with Gasteiger partial charge in [0, 0.05) is 30.1 Å². The van der Waals surface area contributed by atoms with Gasteiger partial charge in [0.25, 0.3) is 5.91 Å². The van der Waals surface area contributed by atoms with Gasteiger partial charge in [0.05, 0.1) is 16.8 Å². The smallest absolute Gasteiger partial charge is 0.254 e. The summed E-state index contributed by atoms with van der Waals surface area (Å²) in [7, 11) is 1.93. The molecule has 0 spiro atoms. The Morgan fingerprint density at radius 2 is 1.93 bits per heavy atom. The third-order valence-electron chi connectivity index (χ3n) is 5.14. The molecule has 3 aromatic rings. The molecule has 1 aliphatic rings. The van der Waals surface area contributed by atoms with E-state index < -0.39 is 0 Å². The van der Waals surface area contributed by atoms with E-state index in [1.165, 1.54) is 12.1 Å². The largest absolute Gasteiger partial charge is 0.338 e. The maximum atomic E-state index is 13.8. The molecule has 2 heterocycles. The van der Waals surface area contributed by atoms with Crippen molar-refractivity contribution in [1.82, 2.24) is 15.2 Å². The Kier molecular flexibility index (Phi) is 7.96. The van der Waals surface area contributed by atoms with E-state index in [1.54, 1.807) is 6.07 Å². The van der Waals surface area contributed by atoms with Crippen LogP contribution in [0.15, 0.2) is 54.6 Å². The molecular weight excluding hydrogens is 412 g/mol. The fourth-order valence-corrected chi connectivity index (χ4v) is 3.78. The highest BCUT2D eigenvalue weighted by molar-refractivity contribution is 6.07. The van der Waals surface area contributed by atoms with Crippen LogP contribution in [0.4, 0.5) is 4.39 Å². The number of nitrogens with one attached hydrogen (secondary N) is 1. The third-order valence-corrected chi connectivity index (χ3v) is 5.14. The Hall–Kier alpha value is -2.21. The summed E-state index contributed by atoms with van der Waals surface area (Å²) >= 11 is 0. The summed E-state index contributed by atoms with van der Waals surface area (Å²) in [5.74, 6) is 0.108. The quantitative estimate of drug-likeness (QED) is 0.652. The Bertz CT molecular complexity index is 984. The molecule has 0 aliphatic carbocycles. The van der Waals surface area contributed by atoms with Gasteiger partial charge in [-0.05, 0) is 44.1 Å². The average molecular weight is 436 g/mol. The second kappa shape index (κ2) is 10.0. The van der Waals surface area contributed by atoms with Gasteiger partial charge in [0.15, 0.2) is 0 Å². The van der Waals surface area contributed by atoms with Gasteiger partial charge in [-0.15, -0.1) is 24.8 Å². The molecular formula is C22H24Cl2FN3O. The molecule has 1 saturated heterocycles. The van der Waals surface area contributed by atoms with E-state index in [0.717, 1.165) is 31.6 Å². The molecule has 0 saturated carbocycles. The van der Waals surface area contributed by atoms with Crippen molar-refractivity contribution >= 4 is 41.6 Å². The molecule has 1 fully saturated rings. The predicted octanol–water partition coefficient (Wildman–Crippen LogP) is 4.57. The number of aromatic nitrogens is 1. The van der Waals surface area contributed by atoms with Crippen molar-refractivity contribution in [3.63, 3.8) is 0 Å². The Balaban J connectivity index is 0.00000150. The topological polar surface area (TPSA) is 45.2 Å². The minimum Gasteiger partial charge on any atom is -0.338 e. The van der Waals surface area contributed by atoms with Gasteiger partial charge < -0.3 is 10.2 Å². The fourth-order valence-electron chi connectivity index (χ4n) is 3.78. The number of pyridine rings is 1. The van der Waals surface area contributed by atoms with Gasteiger partial charge in [-0.3, -0.25) is 4.79 Å². The van der Waals surface area contributed by atoms with Crippen LogP contribution in [-0.2, 0) is 0 Å². The van der Waals surface area contributed by atoms with Crippen molar-refractivity contribution < 1.29 is 9.18 Å². The molecule has 1 aliphatic heterocycles. The van der Waals surface area contributed by atoms with E-state index in [0.29, 0.717) is 28.1 Å². The summed E-state index contributed by atoms with van der Waals surface area (Å²) < 4.78 is 13.8. The predicted molar refractivity (Wildman–Crippen MR) is 120 cm³/mol. The Labute approximate surface area is 182 Å². The number of likely N-dealkylation sites (tertiary alicyclic amines) is 1. The molecule has 1 unspecified atom stereocenters. The van der Waals surface area contributed by atoms with Crippen LogP contribution in [0.3, 0.4) is 0 Å². The zero-order chi connectivity index (χ0) is 18.8. The molecule has 7 heteroatoms. The minimum absolute atomic E-state index is 0. The average Bonchev–Trinajstić information content (AvgIpc) is 3.16. The maximum Gasteiger partial charge on any atom is 0.254 e. The minimum atomic E-state index is -0.353. The van der Waals surface area contributed by atoms with Crippen LogP contribution < -0.4 is 5.32 Å². The van der Waals surface area contributed by atoms with Gasteiger partial charge in [-0.2, -0.15) is 0 Å². The number of amides is 1. The van der Waals surface area contributed by atoms with Crippen LogP contribution in [0.5, 0.6) is 0 Å². The first-order valence-electron chi connectivity index (χ1n) is 9.25. The summed E-state index contributed by atoms with van der Waals surface area (Å²) in [5.41, 5.74) is 2.69. The highest BCUT2D eigenvalue weighted by atomic mass is 35.5. The normalized spacial score (nSPS) is 15.7. The lowest BCUT2D eigenvalue weighted by molar-refractivity contribution is 0.0789. The zero-order valence-electron chi connectivity index (χ0n) is 16.1. The van der Waals surface area contributed by atoms with Crippen LogP contribution in [-0.4, -0.2) is 42.5 Å². The Morgan fingerprint density at radius 3 is 2.66 bits per heavy atom. The van der Waals surface area contributed by atoms with Crippen molar-refractivity contribution in [2.75, 3.05) is 26.7 Å². The van der Waals surface area contributed by atoms with E-state index in [1.807, 2.05) is 48.3 Å². The molecule has 1 atom stereocenters. The van der Waals surface area contributed by atoms with E-state index in [4.69, 9.17) is 0 Å². The summed E-state index contributed by atoms with van der Waals surface area (Å²) in [6.07, 6.45) is 0.996. The first-order valence-corrected chi connectivity index (χ1v) is 9.25. The van der Waals surface area contributed by atoms with E-state index in [2.05, 4.69) is 10.3 Å². The second-order valence-electron chi connectivity index (χ2n) is 7.05. The lowest BCUT2D eigenvalue weighted by atomic mass is 10.0. The molecule has 1 aromatic heterocycles. The number of fused-ring (bicyclic) bond motifs is 1. The Morgan fingerprint density at radius 1 is 1.17 bits per heavy atom. The first-order chi connectivity index (χ1) is 13.2. The monoisotopic (exact) mass is 435 g/mol. The summed E-state index contributed by atoms with van der Waals surface area (Å²) in [6.45, 7) is 2.39. The number of benzene rings is 2. The van der Waals surface area contributed by atoms with Crippen LogP contribution in [0.1, 0.15) is 16.8 Å². The second-order valence-corrected chi connectivity index (χ2v) is 7.05. The molecule has 1 amide bonds. The van der Waals surface area contributed by atoms with Crippen LogP contribution in [0.2, 0.25) is 0 Å². The van der Waals surface area contributed by atoms with Crippen LogP contribution in [0.25, 0.3) is 22.2 Å². The highest BCUT2D eigenvalue weighted by Gasteiger charge is 2.28. The first kappa shape index (κ1) is 23.1. The SMILES string of the molecule is CNCC1CCN(C(=O)c2cc(-c3ccccc3)nc3cc(F)ccc23)C1.Cl.Cl. The maximum absolute atomic E-state index is 13.8.